The molecule has 1 aliphatic heterocycles. The molecule has 0 bridgehead atoms. The van der Waals surface area contributed by atoms with Crippen LogP contribution in [-0.2, 0) is 4.74 Å². The van der Waals surface area contributed by atoms with Gasteiger partial charge in [0.1, 0.15) is 0 Å². The average molecular weight is 557 g/mol. The first-order valence-electron chi connectivity index (χ1n) is 10.2. The summed E-state index contributed by atoms with van der Waals surface area (Å²) in [5.74, 6) is -1.15. The summed E-state index contributed by atoms with van der Waals surface area (Å²) >= 11 is 18.7. The van der Waals surface area contributed by atoms with Crippen LogP contribution in [0.4, 0.5) is 17.1 Å². The number of halogens is 3. The Bertz CT molecular complexity index is 1290. The number of amides is 2. The lowest BCUT2D eigenvalue weighted by molar-refractivity contribution is 0.101. The van der Waals surface area contributed by atoms with Gasteiger partial charge in [0.2, 0.25) is 0 Å². The number of rotatable bonds is 5. The maximum absolute atomic E-state index is 12.9. The second-order valence-corrected chi connectivity index (χ2v) is 10.7. The van der Waals surface area contributed by atoms with Crippen LogP contribution in [0, 0.1) is 0 Å². The van der Waals surface area contributed by atoms with Crippen molar-refractivity contribution >= 4 is 74.5 Å². The highest BCUT2D eigenvalue weighted by molar-refractivity contribution is 8.25. The smallest absolute Gasteiger partial charge is 0.257 e. The molecule has 0 saturated carbocycles. The van der Waals surface area contributed by atoms with Gasteiger partial charge in [-0.25, -0.2) is 0 Å². The number of hydrogen-bond donors (Lipinski definition) is 4. The second kappa shape index (κ2) is 10.6. The van der Waals surface area contributed by atoms with Crippen molar-refractivity contribution in [3.8, 4) is 0 Å². The first kappa shape index (κ1) is 25.6. The van der Waals surface area contributed by atoms with Crippen LogP contribution < -0.4 is 14.9 Å². The molecule has 1 saturated heterocycles. The van der Waals surface area contributed by atoms with Gasteiger partial charge in [0.25, 0.3) is 11.8 Å². The van der Waals surface area contributed by atoms with Crippen molar-refractivity contribution < 1.29 is 23.4 Å². The number of benzene rings is 3. The van der Waals surface area contributed by atoms with E-state index in [4.69, 9.17) is 39.5 Å². The van der Waals surface area contributed by atoms with Crippen LogP contribution in [0.1, 0.15) is 20.7 Å². The van der Waals surface area contributed by atoms with Crippen molar-refractivity contribution in [1.82, 2.24) is 0 Å². The molecule has 3 aromatic carbocycles. The summed E-state index contributed by atoms with van der Waals surface area (Å²) in [6, 6.07) is 15.8. The average Bonchev–Trinajstić information content (AvgIpc) is 2.81. The standard InChI is InChI=1S/C23H20Cl3N3O5S/c24-18-4-2-1-3-16(18)23(31)28-21-11-14(5-8-19(21)25)27-22(30)17-7-6-15(12-20(17)26)29-9-10-34-13-35(29,32)33/h1-8,11-12,32-33H,9-10,13H2,(H,27,30)(H,28,31). The van der Waals surface area contributed by atoms with Gasteiger partial charge in [0.15, 0.2) is 5.94 Å². The predicted octanol–water partition coefficient (Wildman–Crippen LogP) is 6.61. The topological polar surface area (TPSA) is 111 Å². The monoisotopic (exact) mass is 555 g/mol. The fraction of sp³-hybridized carbons (Fsp3) is 0.130. The zero-order chi connectivity index (χ0) is 25.2. The van der Waals surface area contributed by atoms with E-state index in [2.05, 4.69) is 10.6 Å². The number of carbonyl (C=O) groups is 2. The van der Waals surface area contributed by atoms with Gasteiger partial charge in [-0.2, -0.15) is 0 Å². The summed E-state index contributed by atoms with van der Waals surface area (Å²) in [4.78, 5) is 25.5. The largest absolute Gasteiger partial charge is 0.357 e. The second-order valence-electron chi connectivity index (χ2n) is 7.51. The number of ether oxygens (including phenoxy) is 1. The Morgan fingerprint density at radius 3 is 2.29 bits per heavy atom. The van der Waals surface area contributed by atoms with Gasteiger partial charge in [-0.3, -0.25) is 23.0 Å². The Kier molecular flexibility index (Phi) is 7.77. The molecule has 3 aromatic rings. The Labute approximate surface area is 218 Å². The van der Waals surface area contributed by atoms with E-state index < -0.39 is 22.6 Å². The highest BCUT2D eigenvalue weighted by Gasteiger charge is 2.28. The zero-order valence-corrected chi connectivity index (χ0v) is 21.1. The quantitative estimate of drug-likeness (QED) is 0.281. The Morgan fingerprint density at radius 2 is 1.57 bits per heavy atom. The molecule has 2 amide bonds. The van der Waals surface area contributed by atoms with Crippen LogP contribution in [-0.4, -0.2) is 40.0 Å². The minimum atomic E-state index is -3.12. The van der Waals surface area contributed by atoms with Gasteiger partial charge in [0.05, 0.1) is 50.7 Å². The van der Waals surface area contributed by atoms with Gasteiger partial charge < -0.3 is 15.4 Å². The van der Waals surface area contributed by atoms with Crippen molar-refractivity contribution in [1.29, 1.82) is 0 Å². The fourth-order valence-electron chi connectivity index (χ4n) is 3.40. The molecule has 4 rings (SSSR count). The third-order valence-electron chi connectivity index (χ3n) is 5.11. The maximum Gasteiger partial charge on any atom is 0.257 e. The molecule has 0 atom stereocenters. The Balaban J connectivity index is 1.50. The molecule has 0 radical (unpaired) electrons. The molecule has 4 N–H and O–H groups in total. The lowest BCUT2D eigenvalue weighted by Crippen LogP contribution is -2.38. The van der Waals surface area contributed by atoms with Crippen molar-refractivity contribution in [2.75, 3.05) is 34.0 Å². The summed E-state index contributed by atoms with van der Waals surface area (Å²) in [5.41, 5.74) is 1.58. The van der Waals surface area contributed by atoms with Crippen molar-refractivity contribution in [3.05, 3.63) is 86.9 Å². The number of hydrogen-bond acceptors (Lipinski definition) is 6. The molecule has 1 fully saturated rings. The maximum atomic E-state index is 12.9. The summed E-state index contributed by atoms with van der Waals surface area (Å²) in [7, 11) is -3.12. The van der Waals surface area contributed by atoms with E-state index in [1.54, 1.807) is 36.4 Å². The third kappa shape index (κ3) is 5.84. The van der Waals surface area contributed by atoms with E-state index in [0.29, 0.717) is 23.0 Å². The van der Waals surface area contributed by atoms with Gasteiger partial charge in [-0.15, -0.1) is 0 Å². The highest BCUT2D eigenvalue weighted by Crippen LogP contribution is 2.48. The highest BCUT2D eigenvalue weighted by atomic mass is 35.5. The molecule has 0 spiro atoms. The number of nitrogens with zero attached hydrogens (tertiary/aromatic N) is 1. The molecular weight excluding hydrogens is 537 g/mol. The molecule has 12 heteroatoms. The molecule has 0 aromatic heterocycles. The van der Waals surface area contributed by atoms with Gasteiger partial charge in [-0.05, 0) is 48.5 Å². The van der Waals surface area contributed by atoms with Crippen LogP contribution in [0.3, 0.4) is 0 Å². The van der Waals surface area contributed by atoms with E-state index in [0.717, 1.165) is 0 Å². The van der Waals surface area contributed by atoms with Gasteiger partial charge in [0, 0.05) is 5.69 Å². The normalized spacial score (nSPS) is 15.9. The van der Waals surface area contributed by atoms with Crippen molar-refractivity contribution in [2.24, 2.45) is 0 Å². The van der Waals surface area contributed by atoms with E-state index in [9.17, 15) is 18.7 Å². The summed E-state index contributed by atoms with van der Waals surface area (Å²) < 4.78 is 27.0. The number of nitrogens with one attached hydrogen (secondary N) is 2. The van der Waals surface area contributed by atoms with Crippen LogP contribution in [0.2, 0.25) is 15.1 Å². The predicted molar refractivity (Wildman–Crippen MR) is 141 cm³/mol. The fourth-order valence-corrected chi connectivity index (χ4v) is 5.34. The molecule has 0 unspecified atom stereocenters. The first-order valence-corrected chi connectivity index (χ1v) is 13.0. The Morgan fingerprint density at radius 1 is 0.857 bits per heavy atom. The molecule has 8 nitrogen and oxygen atoms in total. The molecular formula is C23H20Cl3N3O5S. The number of carbonyl (C=O) groups excluding carboxylic acids is 2. The number of anilines is 3. The summed E-state index contributed by atoms with van der Waals surface area (Å²) in [5, 5.41) is 6.10. The summed E-state index contributed by atoms with van der Waals surface area (Å²) in [6.07, 6.45) is 0. The summed E-state index contributed by atoms with van der Waals surface area (Å²) in [6.45, 7) is 0.610. The van der Waals surface area contributed by atoms with Crippen LogP contribution in [0.15, 0.2) is 60.7 Å². The third-order valence-corrected chi connectivity index (χ3v) is 7.66. The van der Waals surface area contributed by atoms with Gasteiger partial charge >= 0.3 is 0 Å². The minimum absolute atomic E-state index is 0.128. The lowest BCUT2D eigenvalue weighted by Gasteiger charge is -2.46. The van der Waals surface area contributed by atoms with E-state index in [1.807, 2.05) is 0 Å². The van der Waals surface area contributed by atoms with Gasteiger partial charge in [-0.1, -0.05) is 57.7 Å². The van der Waals surface area contributed by atoms with E-state index in [1.165, 1.54) is 28.6 Å². The van der Waals surface area contributed by atoms with E-state index in [-0.39, 0.29) is 39.3 Å². The van der Waals surface area contributed by atoms with Crippen molar-refractivity contribution in [3.63, 3.8) is 0 Å². The van der Waals surface area contributed by atoms with Crippen LogP contribution in [0.5, 0.6) is 0 Å². The molecule has 0 aliphatic carbocycles. The molecule has 184 valence electrons. The zero-order valence-electron chi connectivity index (χ0n) is 18.0. The van der Waals surface area contributed by atoms with Crippen LogP contribution in [0.25, 0.3) is 0 Å². The minimum Gasteiger partial charge on any atom is -0.357 e. The lowest BCUT2D eigenvalue weighted by atomic mass is 10.1. The van der Waals surface area contributed by atoms with Crippen molar-refractivity contribution in [2.45, 2.75) is 0 Å². The molecule has 35 heavy (non-hydrogen) atoms. The van der Waals surface area contributed by atoms with Crippen LogP contribution >= 0.6 is 45.6 Å². The van der Waals surface area contributed by atoms with E-state index >= 15 is 0 Å². The SMILES string of the molecule is O=C(Nc1ccc(Cl)c(NC(=O)c2ccccc2Cl)c1)c1ccc(N2CCOCS2(O)O)cc1Cl. The Hall–Kier alpha value is -2.50. The molecule has 1 heterocycles. The first-order chi connectivity index (χ1) is 16.7. The molecule has 1 aliphatic rings.